The van der Waals surface area contributed by atoms with E-state index in [-0.39, 0.29) is 0 Å². The number of benzene rings is 1. The van der Waals surface area contributed by atoms with Gasteiger partial charge in [0.25, 0.3) is 0 Å². The zero-order chi connectivity index (χ0) is 12.0. The molecule has 1 aromatic rings. The monoisotopic (exact) mass is 239 g/mol. The van der Waals surface area contributed by atoms with Crippen molar-refractivity contribution in [3.05, 3.63) is 29.8 Å². The first-order valence-electron chi connectivity index (χ1n) is 5.18. The maximum absolute atomic E-state index is 10.1. The van der Waals surface area contributed by atoms with Crippen molar-refractivity contribution in [2.75, 3.05) is 6.54 Å². The van der Waals surface area contributed by atoms with Crippen molar-refractivity contribution in [1.29, 1.82) is 0 Å². The second-order valence-corrected chi connectivity index (χ2v) is 5.09. The summed E-state index contributed by atoms with van der Waals surface area (Å²) in [5.74, 6) is 0.798. The second kappa shape index (κ2) is 5.80. The van der Waals surface area contributed by atoms with Crippen LogP contribution in [0.25, 0.3) is 0 Å². The summed E-state index contributed by atoms with van der Waals surface area (Å²) in [6.45, 7) is 4.43. The van der Waals surface area contributed by atoms with Gasteiger partial charge in [-0.3, -0.25) is 4.79 Å². The third kappa shape index (κ3) is 5.07. The Labute approximate surface area is 102 Å². The van der Waals surface area contributed by atoms with Gasteiger partial charge in [0.05, 0.1) is 0 Å². The Hall–Kier alpha value is -1.16. The molecule has 0 saturated carbocycles. The quantitative estimate of drug-likeness (QED) is 0.345. The van der Waals surface area contributed by atoms with E-state index in [1.54, 1.807) is 0 Å². The molecule has 16 heavy (non-hydrogen) atoms. The van der Waals surface area contributed by atoms with Crippen LogP contribution in [0, 0.1) is 0 Å². The van der Waals surface area contributed by atoms with E-state index in [1.165, 1.54) is 5.56 Å². The number of carbonyl (C=O) groups excluding carboxylic acids is 1. The van der Waals surface area contributed by atoms with Crippen molar-refractivity contribution >= 4 is 19.0 Å². The minimum atomic E-state index is -0.472. The Kier molecular flexibility index (Phi) is 4.68. The molecule has 4 heteroatoms. The van der Waals surface area contributed by atoms with E-state index in [0.29, 0.717) is 13.0 Å². The fourth-order valence-corrected chi connectivity index (χ4v) is 1.39. The standard InChI is InChI=1S/C12H17NO2S/c1-12(2,16)15-11-5-3-10(4-6-11)7-8-13-9-14/h3-6,9,16H,7-8H2,1-2H3,(H,13,14). The molecule has 0 radical (unpaired) electrons. The molecule has 0 unspecified atom stereocenters. The molecule has 88 valence electrons. The maximum atomic E-state index is 10.1. The first-order chi connectivity index (χ1) is 7.51. The Morgan fingerprint density at radius 1 is 1.38 bits per heavy atom. The van der Waals surface area contributed by atoms with Gasteiger partial charge in [-0.1, -0.05) is 12.1 Å². The molecule has 0 spiro atoms. The number of ether oxygens (including phenoxy) is 1. The summed E-state index contributed by atoms with van der Waals surface area (Å²) in [5.41, 5.74) is 1.17. The van der Waals surface area contributed by atoms with E-state index in [4.69, 9.17) is 4.74 Å². The van der Waals surface area contributed by atoms with Crippen molar-refractivity contribution in [1.82, 2.24) is 5.32 Å². The summed E-state index contributed by atoms with van der Waals surface area (Å²) in [6, 6.07) is 7.80. The Morgan fingerprint density at radius 2 is 2.00 bits per heavy atom. The molecule has 0 aromatic heterocycles. The van der Waals surface area contributed by atoms with Gasteiger partial charge < -0.3 is 10.1 Å². The number of rotatable bonds is 6. The number of hydrogen-bond donors (Lipinski definition) is 2. The van der Waals surface area contributed by atoms with Gasteiger partial charge in [0, 0.05) is 6.54 Å². The highest BCUT2D eigenvalue weighted by atomic mass is 32.1. The van der Waals surface area contributed by atoms with Gasteiger partial charge in [-0.25, -0.2) is 0 Å². The molecule has 1 N–H and O–H groups in total. The number of amides is 1. The largest absolute Gasteiger partial charge is 0.477 e. The summed E-state index contributed by atoms with van der Waals surface area (Å²) < 4.78 is 5.57. The lowest BCUT2D eigenvalue weighted by atomic mass is 10.1. The summed E-state index contributed by atoms with van der Waals surface area (Å²) in [4.78, 5) is 9.59. The molecule has 0 aliphatic heterocycles. The zero-order valence-corrected chi connectivity index (χ0v) is 10.5. The maximum Gasteiger partial charge on any atom is 0.207 e. The topological polar surface area (TPSA) is 38.3 Å². The molecular formula is C12H17NO2S. The Morgan fingerprint density at radius 3 is 2.50 bits per heavy atom. The smallest absolute Gasteiger partial charge is 0.207 e. The fraction of sp³-hybridized carbons (Fsp3) is 0.417. The Bertz CT molecular complexity index is 330. The summed E-state index contributed by atoms with van der Waals surface area (Å²) >= 11 is 4.29. The molecule has 1 amide bonds. The summed E-state index contributed by atoms with van der Waals surface area (Å²) in [6.07, 6.45) is 1.53. The molecule has 0 heterocycles. The van der Waals surface area contributed by atoms with Gasteiger partial charge in [-0.05, 0) is 38.0 Å². The molecular weight excluding hydrogens is 222 g/mol. The first-order valence-corrected chi connectivity index (χ1v) is 5.63. The van der Waals surface area contributed by atoms with Crippen molar-refractivity contribution in [2.24, 2.45) is 0 Å². The predicted octanol–water partition coefficient (Wildman–Crippen LogP) is 2.02. The number of hydrogen-bond acceptors (Lipinski definition) is 3. The average molecular weight is 239 g/mol. The van der Waals surface area contributed by atoms with Crippen LogP contribution in [0.3, 0.4) is 0 Å². The lowest BCUT2D eigenvalue weighted by Gasteiger charge is -2.20. The van der Waals surface area contributed by atoms with Crippen molar-refractivity contribution in [3.8, 4) is 5.75 Å². The normalized spacial score (nSPS) is 10.9. The van der Waals surface area contributed by atoms with Crippen LogP contribution in [0.1, 0.15) is 19.4 Å². The van der Waals surface area contributed by atoms with E-state index >= 15 is 0 Å². The molecule has 0 atom stereocenters. The third-order valence-corrected chi connectivity index (χ3v) is 2.02. The Balaban J connectivity index is 2.51. The average Bonchev–Trinajstić information content (AvgIpc) is 2.19. The van der Waals surface area contributed by atoms with Crippen molar-refractivity contribution < 1.29 is 9.53 Å². The van der Waals surface area contributed by atoms with Gasteiger partial charge in [0.2, 0.25) is 6.41 Å². The lowest BCUT2D eigenvalue weighted by Crippen LogP contribution is -2.19. The highest BCUT2D eigenvalue weighted by molar-refractivity contribution is 7.81. The van der Waals surface area contributed by atoms with E-state index in [9.17, 15) is 4.79 Å². The van der Waals surface area contributed by atoms with E-state index in [0.717, 1.165) is 12.2 Å². The van der Waals surface area contributed by atoms with Gasteiger partial charge in [-0.15, -0.1) is 12.6 Å². The van der Waals surface area contributed by atoms with Gasteiger partial charge in [-0.2, -0.15) is 0 Å². The number of thiol groups is 1. The van der Waals surface area contributed by atoms with E-state index in [1.807, 2.05) is 38.1 Å². The summed E-state index contributed by atoms with van der Waals surface area (Å²) in [5, 5.41) is 2.63. The first kappa shape index (κ1) is 12.9. The molecule has 0 aliphatic rings. The SMILES string of the molecule is CC(C)(S)Oc1ccc(CCNC=O)cc1. The molecule has 1 rings (SSSR count). The minimum absolute atomic E-state index is 0.472. The second-order valence-electron chi connectivity index (χ2n) is 4.01. The minimum Gasteiger partial charge on any atom is -0.477 e. The number of carbonyl (C=O) groups is 1. The number of nitrogens with one attached hydrogen (secondary N) is 1. The highest BCUT2D eigenvalue weighted by Crippen LogP contribution is 2.21. The molecule has 0 aliphatic carbocycles. The van der Waals surface area contributed by atoms with E-state index < -0.39 is 4.93 Å². The molecule has 0 fully saturated rings. The van der Waals surface area contributed by atoms with E-state index in [2.05, 4.69) is 17.9 Å². The van der Waals surface area contributed by atoms with Crippen LogP contribution in [0.5, 0.6) is 5.75 Å². The fourth-order valence-electron chi connectivity index (χ4n) is 1.29. The highest BCUT2D eigenvalue weighted by Gasteiger charge is 2.12. The van der Waals surface area contributed by atoms with Crippen molar-refractivity contribution in [3.63, 3.8) is 0 Å². The zero-order valence-electron chi connectivity index (χ0n) is 9.56. The summed E-state index contributed by atoms with van der Waals surface area (Å²) in [7, 11) is 0. The van der Waals surface area contributed by atoms with Crippen LogP contribution in [-0.2, 0) is 11.2 Å². The van der Waals surface area contributed by atoms with Crippen LogP contribution in [0.4, 0.5) is 0 Å². The van der Waals surface area contributed by atoms with Gasteiger partial charge in [0.15, 0.2) is 0 Å². The molecule has 0 bridgehead atoms. The van der Waals surface area contributed by atoms with Gasteiger partial charge >= 0.3 is 0 Å². The molecule has 3 nitrogen and oxygen atoms in total. The van der Waals surface area contributed by atoms with Crippen LogP contribution in [-0.4, -0.2) is 17.9 Å². The van der Waals surface area contributed by atoms with Crippen LogP contribution >= 0.6 is 12.6 Å². The van der Waals surface area contributed by atoms with Crippen LogP contribution < -0.4 is 10.1 Å². The lowest BCUT2D eigenvalue weighted by molar-refractivity contribution is -0.109. The van der Waals surface area contributed by atoms with Crippen LogP contribution in [0.2, 0.25) is 0 Å². The predicted molar refractivity (Wildman–Crippen MR) is 67.9 cm³/mol. The molecule has 0 saturated heterocycles. The van der Waals surface area contributed by atoms with Gasteiger partial charge in [0.1, 0.15) is 10.7 Å². The molecule has 1 aromatic carbocycles. The van der Waals surface area contributed by atoms with Crippen LogP contribution in [0.15, 0.2) is 24.3 Å². The third-order valence-electron chi connectivity index (χ3n) is 1.93. The van der Waals surface area contributed by atoms with Crippen molar-refractivity contribution in [2.45, 2.75) is 25.2 Å².